The molecule has 0 radical (unpaired) electrons. The number of hydrogen-bond acceptors (Lipinski definition) is 5. The number of amides is 1. The molecule has 0 spiro atoms. The number of hydrogen-bond donors (Lipinski definition) is 1. The number of hydrazone groups is 1. The first kappa shape index (κ1) is 22.1. The number of aromatic nitrogens is 3. The van der Waals surface area contributed by atoms with Crippen molar-refractivity contribution in [1.82, 2.24) is 20.2 Å². The third-order valence-corrected chi connectivity index (χ3v) is 7.03. The molecule has 168 valence electrons. The van der Waals surface area contributed by atoms with Crippen LogP contribution in [0.4, 0.5) is 0 Å². The van der Waals surface area contributed by atoms with E-state index in [4.69, 9.17) is 11.6 Å². The monoisotopic (exact) mass is 485 g/mol. The zero-order valence-corrected chi connectivity index (χ0v) is 19.8. The third kappa shape index (κ3) is 4.40. The molecule has 0 saturated carbocycles. The predicted octanol–water partition coefficient (Wildman–Crippen LogP) is 5.83. The van der Waals surface area contributed by atoms with Gasteiger partial charge in [0.05, 0.1) is 11.2 Å². The summed E-state index contributed by atoms with van der Waals surface area (Å²) in [5.41, 5.74) is 5.18. The highest BCUT2D eigenvalue weighted by molar-refractivity contribution is 7.98. The van der Waals surface area contributed by atoms with E-state index in [9.17, 15) is 4.79 Å². The van der Waals surface area contributed by atoms with E-state index in [1.54, 1.807) is 36.4 Å². The Kier molecular flexibility index (Phi) is 6.29. The zero-order valence-electron chi connectivity index (χ0n) is 18.3. The van der Waals surface area contributed by atoms with Crippen LogP contribution in [0, 0.1) is 0 Å². The van der Waals surface area contributed by atoms with Crippen molar-refractivity contribution in [2.45, 2.75) is 10.9 Å². The highest BCUT2D eigenvalue weighted by Gasteiger charge is 2.11. The number of nitrogens with one attached hydrogen (secondary N) is 1. The van der Waals surface area contributed by atoms with E-state index in [0.29, 0.717) is 10.6 Å². The van der Waals surface area contributed by atoms with E-state index >= 15 is 0 Å². The van der Waals surface area contributed by atoms with Gasteiger partial charge in [-0.05, 0) is 28.5 Å². The van der Waals surface area contributed by atoms with Gasteiger partial charge in [-0.1, -0.05) is 84.0 Å². The van der Waals surface area contributed by atoms with Crippen molar-refractivity contribution < 1.29 is 4.79 Å². The van der Waals surface area contributed by atoms with Gasteiger partial charge in [-0.3, -0.25) is 4.79 Å². The van der Waals surface area contributed by atoms with Gasteiger partial charge in [-0.15, -0.1) is 10.2 Å². The molecule has 1 amide bonds. The summed E-state index contributed by atoms with van der Waals surface area (Å²) >= 11 is 8.25. The van der Waals surface area contributed by atoms with Crippen molar-refractivity contribution in [2.24, 2.45) is 12.1 Å². The second kappa shape index (κ2) is 9.67. The fourth-order valence-corrected chi connectivity index (χ4v) is 4.94. The Hall–Kier alpha value is -3.68. The number of rotatable bonds is 6. The first-order chi connectivity index (χ1) is 16.6. The molecule has 0 aliphatic rings. The molecule has 0 fully saturated rings. The van der Waals surface area contributed by atoms with Gasteiger partial charge in [0.15, 0.2) is 5.16 Å². The Labute approximate surface area is 205 Å². The van der Waals surface area contributed by atoms with Crippen molar-refractivity contribution in [3.63, 3.8) is 0 Å². The van der Waals surface area contributed by atoms with Crippen molar-refractivity contribution in [3.8, 4) is 0 Å². The molecule has 0 atom stereocenters. The molecule has 4 aromatic carbocycles. The summed E-state index contributed by atoms with van der Waals surface area (Å²) in [6, 6.07) is 23.3. The molecule has 1 N–H and O–H groups in total. The number of fused-ring (bicyclic) bond motifs is 2. The lowest BCUT2D eigenvalue weighted by atomic mass is 9.97. The normalized spacial score (nSPS) is 11.5. The molecule has 1 heterocycles. The minimum absolute atomic E-state index is 0.272. The number of thioether (sulfide) groups is 1. The minimum Gasteiger partial charge on any atom is -0.312 e. The average Bonchev–Trinajstić information content (AvgIpc) is 3.29. The van der Waals surface area contributed by atoms with Gasteiger partial charge in [0.1, 0.15) is 6.33 Å². The van der Waals surface area contributed by atoms with Gasteiger partial charge in [0, 0.05) is 34.7 Å². The number of carbonyl (C=O) groups is 1. The standard InChI is InChI=1S/C26H20ClN5OS/c1-32-16-29-31-26(32)34-15-17-10-12-18(13-11-17)25(33)30-28-14-23-19-6-2-4-8-21(19)24(27)22-9-5-3-7-20(22)23/h2-14,16H,15H2,1H3,(H,30,33)/b28-14-. The zero-order chi connectivity index (χ0) is 23.5. The van der Waals surface area contributed by atoms with Gasteiger partial charge >= 0.3 is 0 Å². The highest BCUT2D eigenvalue weighted by Crippen LogP contribution is 2.35. The molecule has 0 bridgehead atoms. The van der Waals surface area contributed by atoms with Crippen LogP contribution in [-0.4, -0.2) is 26.9 Å². The maximum Gasteiger partial charge on any atom is 0.271 e. The maximum atomic E-state index is 12.6. The molecular weight excluding hydrogens is 466 g/mol. The summed E-state index contributed by atoms with van der Waals surface area (Å²) in [6.07, 6.45) is 3.36. The minimum atomic E-state index is -0.272. The van der Waals surface area contributed by atoms with Crippen molar-refractivity contribution >= 4 is 57.0 Å². The lowest BCUT2D eigenvalue weighted by Gasteiger charge is -2.10. The van der Waals surface area contributed by atoms with E-state index in [1.807, 2.05) is 72.3 Å². The van der Waals surface area contributed by atoms with Crippen LogP contribution in [0.2, 0.25) is 5.02 Å². The van der Waals surface area contributed by atoms with E-state index in [2.05, 4.69) is 20.7 Å². The summed E-state index contributed by atoms with van der Waals surface area (Å²) in [5, 5.41) is 17.6. The van der Waals surface area contributed by atoms with E-state index in [1.165, 1.54) is 0 Å². The van der Waals surface area contributed by atoms with Crippen LogP contribution >= 0.6 is 23.4 Å². The van der Waals surface area contributed by atoms with Crippen LogP contribution in [0.3, 0.4) is 0 Å². The van der Waals surface area contributed by atoms with Gasteiger partial charge in [0.2, 0.25) is 0 Å². The number of halogens is 1. The molecule has 8 heteroatoms. The quantitative estimate of drug-likeness (QED) is 0.142. The topological polar surface area (TPSA) is 72.2 Å². The molecule has 0 unspecified atom stereocenters. The Morgan fingerprint density at radius 3 is 2.21 bits per heavy atom. The second-order valence-electron chi connectivity index (χ2n) is 7.73. The molecule has 0 aliphatic heterocycles. The molecule has 1 aromatic heterocycles. The Balaban J connectivity index is 1.33. The summed E-state index contributed by atoms with van der Waals surface area (Å²) < 4.78 is 1.87. The summed E-state index contributed by atoms with van der Waals surface area (Å²) in [5.74, 6) is 0.467. The van der Waals surface area contributed by atoms with Crippen LogP contribution in [0.25, 0.3) is 21.5 Å². The second-order valence-corrected chi connectivity index (χ2v) is 9.05. The smallest absolute Gasteiger partial charge is 0.271 e. The third-order valence-electron chi connectivity index (χ3n) is 5.52. The van der Waals surface area contributed by atoms with Crippen molar-refractivity contribution in [3.05, 3.63) is 101 Å². The average molecular weight is 486 g/mol. The van der Waals surface area contributed by atoms with Gasteiger partial charge < -0.3 is 4.57 Å². The lowest BCUT2D eigenvalue weighted by Crippen LogP contribution is -2.17. The highest BCUT2D eigenvalue weighted by atomic mass is 35.5. The summed E-state index contributed by atoms with van der Waals surface area (Å²) in [7, 11) is 1.91. The molecule has 5 aromatic rings. The van der Waals surface area contributed by atoms with Crippen molar-refractivity contribution in [1.29, 1.82) is 0 Å². The van der Waals surface area contributed by atoms with Crippen LogP contribution in [0.1, 0.15) is 21.5 Å². The Morgan fingerprint density at radius 1 is 1.00 bits per heavy atom. The largest absolute Gasteiger partial charge is 0.312 e. The fourth-order valence-electron chi connectivity index (χ4n) is 3.77. The Bertz CT molecular complexity index is 1470. The number of aryl methyl sites for hydroxylation is 1. The fraction of sp³-hybridized carbons (Fsp3) is 0.0769. The van der Waals surface area contributed by atoms with Crippen LogP contribution in [-0.2, 0) is 12.8 Å². The van der Waals surface area contributed by atoms with Gasteiger partial charge in [-0.2, -0.15) is 5.10 Å². The first-order valence-electron chi connectivity index (χ1n) is 10.6. The van der Waals surface area contributed by atoms with Crippen LogP contribution < -0.4 is 5.43 Å². The van der Waals surface area contributed by atoms with E-state index in [-0.39, 0.29) is 5.91 Å². The molecule has 0 aliphatic carbocycles. The predicted molar refractivity (Wildman–Crippen MR) is 139 cm³/mol. The summed E-state index contributed by atoms with van der Waals surface area (Å²) in [6.45, 7) is 0. The number of carbonyl (C=O) groups excluding carboxylic acids is 1. The lowest BCUT2D eigenvalue weighted by molar-refractivity contribution is 0.0955. The molecule has 34 heavy (non-hydrogen) atoms. The number of nitrogens with zero attached hydrogens (tertiary/aromatic N) is 4. The van der Waals surface area contributed by atoms with Crippen LogP contribution in [0.15, 0.2) is 89.4 Å². The first-order valence-corrected chi connectivity index (χ1v) is 12.0. The van der Waals surface area contributed by atoms with Gasteiger partial charge in [0.25, 0.3) is 5.91 Å². The SMILES string of the molecule is Cn1cnnc1SCc1ccc(C(=O)N/N=C\c2c3ccccc3c(Cl)c3ccccc23)cc1. The number of benzene rings is 4. The van der Waals surface area contributed by atoms with E-state index < -0.39 is 0 Å². The van der Waals surface area contributed by atoms with Crippen molar-refractivity contribution in [2.75, 3.05) is 0 Å². The Morgan fingerprint density at radius 2 is 1.62 bits per heavy atom. The molecule has 0 saturated heterocycles. The van der Waals surface area contributed by atoms with Crippen LogP contribution in [0.5, 0.6) is 0 Å². The van der Waals surface area contributed by atoms with E-state index in [0.717, 1.165) is 43.6 Å². The maximum absolute atomic E-state index is 12.6. The molecular formula is C26H20ClN5OS. The van der Waals surface area contributed by atoms with Gasteiger partial charge in [-0.25, -0.2) is 5.43 Å². The molecule has 6 nitrogen and oxygen atoms in total. The summed E-state index contributed by atoms with van der Waals surface area (Å²) in [4.78, 5) is 12.6. The molecule has 5 rings (SSSR count).